The van der Waals surface area contributed by atoms with Gasteiger partial charge in [0.25, 0.3) is 0 Å². The van der Waals surface area contributed by atoms with Gasteiger partial charge in [-0.1, -0.05) is 5.22 Å². The van der Waals surface area contributed by atoms with E-state index < -0.39 is 0 Å². The molecule has 0 fully saturated rings. The Labute approximate surface area is 33.9 Å². The summed E-state index contributed by atoms with van der Waals surface area (Å²) in [5, 5.41) is 2.25. The van der Waals surface area contributed by atoms with E-state index in [0.717, 1.165) is 0 Å². The lowest BCUT2D eigenvalue weighted by Gasteiger charge is -1.40. The first-order chi connectivity index (χ1) is 2.83. The molecule has 6 heteroatoms. The lowest BCUT2D eigenvalue weighted by Crippen LogP contribution is -1.66. The van der Waals surface area contributed by atoms with Crippen LogP contribution in [0.15, 0.2) is 5.22 Å². The van der Waals surface area contributed by atoms with Gasteiger partial charge in [-0.15, -0.1) is 0 Å². The Morgan fingerprint density at radius 1 is 1.67 bits per heavy atom. The van der Waals surface area contributed by atoms with Crippen LogP contribution in [0.4, 0.5) is 0 Å². The quantitative estimate of drug-likeness (QED) is 0.146. The molecule has 0 aromatic rings. The van der Waals surface area contributed by atoms with Crippen LogP contribution in [0, 0.1) is 5.53 Å². The van der Waals surface area contributed by atoms with Gasteiger partial charge in [0.15, 0.2) is 0 Å². The van der Waals surface area contributed by atoms with Crippen LogP contribution in [0.25, 0.3) is 16.0 Å². The zero-order valence-electron chi connectivity index (χ0n) is 2.87. The SMILES string of the molecule is N=NN.[N-]=[N+]=[N-]. The van der Waals surface area contributed by atoms with Crippen LogP contribution in [-0.2, 0) is 0 Å². The summed E-state index contributed by atoms with van der Waals surface area (Å²) in [6.45, 7) is 0. The Bertz CT molecular complexity index is 45.1. The number of nitrogens with two attached hydrogens (primary N) is 1. The highest BCUT2D eigenvalue weighted by Gasteiger charge is 1.05. The maximum Gasteiger partial charge on any atom is -0.0856 e. The van der Waals surface area contributed by atoms with Crippen LogP contribution in [0.2, 0.25) is 0 Å². The molecule has 3 N–H and O–H groups in total. The largest absolute Gasteiger partial charge is 0.373 e. The highest BCUT2D eigenvalue weighted by atomic mass is 15.2. The van der Waals surface area contributed by atoms with Crippen LogP contribution in [0.5, 0.6) is 0 Å². The molecule has 0 saturated heterocycles. The number of hydrogen-bond donors (Lipinski definition) is 2. The molecule has 0 aromatic heterocycles. The van der Waals surface area contributed by atoms with E-state index in [1.165, 1.54) is 4.91 Å². The summed E-state index contributed by atoms with van der Waals surface area (Å²) in [7, 11) is 0. The monoisotopic (exact) mass is 87.0 g/mol. The normalized spacial score (nSPS) is 3.33. The number of nitrogens with zero attached hydrogens (tertiary/aromatic N) is 4. The van der Waals surface area contributed by atoms with E-state index in [2.05, 4.69) is 11.1 Å². The molecule has 0 saturated carbocycles. The van der Waals surface area contributed by atoms with Crippen molar-refractivity contribution in [3.63, 3.8) is 0 Å². The van der Waals surface area contributed by atoms with Crippen molar-refractivity contribution in [3.05, 3.63) is 16.0 Å². The van der Waals surface area contributed by atoms with Gasteiger partial charge < -0.3 is 16.9 Å². The summed E-state index contributed by atoms with van der Waals surface area (Å²) < 4.78 is 0. The number of hydrogen-bond acceptors (Lipinski definition) is 2. The van der Waals surface area contributed by atoms with Gasteiger partial charge in [0.2, 0.25) is 0 Å². The molecule has 0 heterocycles. The zero-order chi connectivity index (χ0) is 5.41. The van der Waals surface area contributed by atoms with Crippen molar-refractivity contribution in [2.24, 2.45) is 11.1 Å². The van der Waals surface area contributed by atoms with Crippen LogP contribution >= 0.6 is 0 Å². The second kappa shape index (κ2) is 54.1. The number of nitrogens with one attached hydrogen (secondary N) is 1. The first kappa shape index (κ1) is 8.83. The van der Waals surface area contributed by atoms with Gasteiger partial charge in [-0.3, -0.25) is 4.91 Å². The van der Waals surface area contributed by atoms with E-state index in [1.807, 2.05) is 0 Å². The van der Waals surface area contributed by atoms with Crippen molar-refractivity contribution in [1.82, 2.24) is 0 Å². The fourth-order valence-corrected chi connectivity index (χ4v) is 0. The van der Waals surface area contributed by atoms with Crippen molar-refractivity contribution in [2.75, 3.05) is 0 Å². The average molecular weight is 87.1 g/mol. The van der Waals surface area contributed by atoms with E-state index in [9.17, 15) is 0 Å². The zero-order valence-corrected chi connectivity index (χ0v) is 2.87. The summed E-state index contributed by atoms with van der Waals surface area (Å²) in [5.74, 6) is 4.14. The lowest BCUT2D eigenvalue weighted by atomic mass is 12.8. The Morgan fingerprint density at radius 3 is 1.67 bits per heavy atom. The van der Waals surface area contributed by atoms with E-state index in [0.29, 0.717) is 0 Å². The predicted molar refractivity (Wildman–Crippen MR) is 19.4 cm³/mol. The van der Waals surface area contributed by atoms with Crippen molar-refractivity contribution in [1.29, 1.82) is 5.53 Å². The van der Waals surface area contributed by atoms with Gasteiger partial charge in [0.05, 0.1) is 0 Å². The molecule has 0 aliphatic heterocycles. The van der Waals surface area contributed by atoms with Crippen LogP contribution in [0.3, 0.4) is 0 Å². The Hall–Kier alpha value is -1.29. The minimum Gasteiger partial charge on any atom is -0.373 e. The topological polar surface area (TPSA) is 121 Å². The molecule has 0 rings (SSSR count). The molecule has 0 amide bonds. The fraction of sp³-hybridized carbons (Fsp3) is 0. The first-order valence-electron chi connectivity index (χ1n) is 0.882. The first-order valence-corrected chi connectivity index (χ1v) is 0.882. The standard InChI is InChI=1S/H3N3.N3/c2*1-3-2/h(H3,1,2);/q;-1. The lowest BCUT2D eigenvalue weighted by molar-refractivity contribution is 0.991. The summed E-state index contributed by atoms with van der Waals surface area (Å²) in [6.07, 6.45) is 0. The van der Waals surface area contributed by atoms with Crippen molar-refractivity contribution >= 4 is 0 Å². The second-order valence-corrected chi connectivity index (χ2v) is 0.219. The third-order valence-corrected chi connectivity index (χ3v) is 0. The summed E-state index contributed by atoms with van der Waals surface area (Å²) in [4.78, 5) is 1.50. The van der Waals surface area contributed by atoms with Gasteiger partial charge in [0, 0.05) is 0 Å². The molecule has 6 heavy (non-hydrogen) atoms. The molecule has 0 spiro atoms. The van der Waals surface area contributed by atoms with E-state index in [1.54, 1.807) is 0 Å². The maximum absolute atomic E-state index is 6.75. The minimum absolute atomic E-state index is 1.50. The molecule has 0 aliphatic rings. The molecular formula is H3N6-. The molecule has 0 bridgehead atoms. The predicted octanol–water partition coefficient (Wildman–Crippen LogP) is 0.757. The second-order valence-electron chi connectivity index (χ2n) is 0.219. The van der Waals surface area contributed by atoms with Gasteiger partial charge in [-0.2, -0.15) is 5.53 Å². The molecule has 34 valence electrons. The Morgan fingerprint density at radius 2 is 1.67 bits per heavy atom. The Balaban J connectivity index is 0. The maximum atomic E-state index is 6.75. The van der Waals surface area contributed by atoms with Crippen molar-refractivity contribution in [2.45, 2.75) is 0 Å². The average Bonchev–Trinajstić information content (AvgIpc) is 1.39. The molecule has 0 unspecified atom stereocenters. The third kappa shape index (κ3) is 4.76. The number of rotatable bonds is 0. The summed E-state index contributed by atoms with van der Waals surface area (Å²) in [5.41, 5.74) is 19.1. The Kier molecular flexibility index (Phi) is 79.5. The van der Waals surface area contributed by atoms with Crippen LogP contribution in [0.1, 0.15) is 0 Å². The fourth-order valence-electron chi connectivity index (χ4n) is 0. The molecular weight excluding hydrogens is 84.0 g/mol. The molecule has 0 atom stereocenters. The summed E-state index contributed by atoms with van der Waals surface area (Å²) in [6, 6.07) is 0. The van der Waals surface area contributed by atoms with Gasteiger partial charge >= 0.3 is 0 Å². The smallest absolute Gasteiger partial charge is 0.0856 e. The highest BCUT2D eigenvalue weighted by Crippen LogP contribution is 1.29. The highest BCUT2D eigenvalue weighted by molar-refractivity contribution is 4.36. The van der Waals surface area contributed by atoms with Gasteiger partial charge in [0.1, 0.15) is 0 Å². The van der Waals surface area contributed by atoms with Crippen molar-refractivity contribution < 1.29 is 0 Å². The van der Waals surface area contributed by atoms with E-state index >= 15 is 0 Å². The van der Waals surface area contributed by atoms with Crippen LogP contribution in [-0.4, -0.2) is 0 Å². The van der Waals surface area contributed by atoms with E-state index in [4.69, 9.17) is 16.6 Å². The van der Waals surface area contributed by atoms with Gasteiger partial charge in [-0.25, -0.2) is 0 Å². The third-order valence-electron chi connectivity index (χ3n) is 0. The summed E-state index contributed by atoms with van der Waals surface area (Å²) >= 11 is 0. The molecule has 0 aromatic carbocycles. The van der Waals surface area contributed by atoms with Gasteiger partial charge in [-0.05, 0) is 0 Å². The van der Waals surface area contributed by atoms with Crippen LogP contribution < -0.4 is 5.84 Å². The molecule has 0 radical (unpaired) electrons. The molecule has 0 aliphatic carbocycles. The van der Waals surface area contributed by atoms with E-state index in [-0.39, 0.29) is 0 Å². The van der Waals surface area contributed by atoms with Crippen molar-refractivity contribution in [3.8, 4) is 0 Å². The minimum atomic E-state index is 1.50. The molecule has 6 nitrogen and oxygen atoms in total.